The lowest BCUT2D eigenvalue weighted by atomic mass is 10.3. The van der Waals surface area contributed by atoms with Crippen molar-refractivity contribution in [3.8, 4) is 5.75 Å². The number of pyridine rings is 1. The van der Waals surface area contributed by atoms with E-state index < -0.39 is 0 Å². The van der Waals surface area contributed by atoms with E-state index in [0.29, 0.717) is 11.4 Å². The first kappa shape index (κ1) is 14.6. The average molecular weight is 311 g/mol. The van der Waals surface area contributed by atoms with Crippen LogP contribution in [0.5, 0.6) is 5.75 Å². The summed E-state index contributed by atoms with van der Waals surface area (Å²) in [6, 6.07) is 8.85. The van der Waals surface area contributed by atoms with Crippen molar-refractivity contribution >= 4 is 34.8 Å². The molecule has 0 saturated carbocycles. The Labute approximate surface area is 126 Å². The maximum atomic E-state index is 11.0. The molecule has 0 aliphatic carbocycles. The molecule has 0 bridgehead atoms. The lowest BCUT2D eigenvalue weighted by Crippen LogP contribution is -2.06. The number of halogens is 2. The molecule has 0 saturated heterocycles. The predicted octanol–water partition coefficient (Wildman–Crippen LogP) is 3.93. The number of hydrogen-bond acceptors (Lipinski definition) is 3. The highest BCUT2D eigenvalue weighted by Gasteiger charge is 2.12. The number of aromatic nitrogens is 1. The Morgan fingerprint density at radius 3 is 2.70 bits per heavy atom. The van der Waals surface area contributed by atoms with Crippen molar-refractivity contribution in [2.24, 2.45) is 0 Å². The molecule has 0 spiro atoms. The van der Waals surface area contributed by atoms with Crippen molar-refractivity contribution < 1.29 is 9.53 Å². The summed E-state index contributed by atoms with van der Waals surface area (Å²) in [5.74, 6) is 0.224. The molecule has 2 rings (SSSR count). The van der Waals surface area contributed by atoms with Crippen LogP contribution < -0.4 is 10.1 Å². The molecular weight excluding hydrogens is 299 g/mol. The second kappa shape index (κ2) is 6.59. The zero-order valence-electron chi connectivity index (χ0n) is 10.7. The average Bonchev–Trinajstić information content (AvgIpc) is 2.44. The van der Waals surface area contributed by atoms with Gasteiger partial charge >= 0.3 is 0 Å². The van der Waals surface area contributed by atoms with Crippen LogP contribution in [0.4, 0.5) is 5.69 Å². The van der Waals surface area contributed by atoms with Crippen molar-refractivity contribution in [1.29, 1.82) is 0 Å². The van der Waals surface area contributed by atoms with Crippen LogP contribution in [-0.4, -0.2) is 10.9 Å². The molecule has 0 atom stereocenters. The van der Waals surface area contributed by atoms with Crippen LogP contribution in [0.3, 0.4) is 0 Å². The molecule has 1 amide bonds. The Bertz CT molecular complexity index is 618. The zero-order valence-corrected chi connectivity index (χ0v) is 12.2. The molecule has 4 nitrogen and oxygen atoms in total. The van der Waals surface area contributed by atoms with Gasteiger partial charge in [-0.2, -0.15) is 0 Å². The highest BCUT2D eigenvalue weighted by molar-refractivity contribution is 6.44. The minimum absolute atomic E-state index is 0.217. The molecule has 6 heteroatoms. The van der Waals surface area contributed by atoms with Crippen molar-refractivity contribution in [3.05, 3.63) is 52.3 Å². The lowest BCUT2D eigenvalue weighted by molar-refractivity contribution is -0.114. The number of hydrogen-bond donors (Lipinski definition) is 1. The summed E-state index contributed by atoms with van der Waals surface area (Å²) < 4.78 is 5.57. The maximum absolute atomic E-state index is 11.0. The molecule has 104 valence electrons. The minimum Gasteiger partial charge on any atom is -0.486 e. The van der Waals surface area contributed by atoms with Crippen LogP contribution in [0, 0.1) is 0 Å². The molecular formula is C14H12Cl2N2O2. The number of nitrogens with zero attached hydrogens (tertiary/aromatic N) is 1. The van der Waals surface area contributed by atoms with E-state index in [1.54, 1.807) is 18.3 Å². The number of rotatable bonds is 4. The minimum atomic E-state index is -0.217. The fraction of sp³-hybridized carbons (Fsp3) is 0.143. The van der Waals surface area contributed by atoms with Gasteiger partial charge in [-0.15, -0.1) is 0 Å². The lowest BCUT2D eigenvalue weighted by Gasteiger charge is -2.11. The van der Waals surface area contributed by atoms with Gasteiger partial charge in [0.05, 0.1) is 16.4 Å². The van der Waals surface area contributed by atoms with Crippen LogP contribution in [0.15, 0.2) is 36.5 Å². The van der Waals surface area contributed by atoms with Crippen LogP contribution in [-0.2, 0) is 11.4 Å². The van der Waals surface area contributed by atoms with Crippen LogP contribution in [0.1, 0.15) is 12.6 Å². The van der Waals surface area contributed by atoms with E-state index >= 15 is 0 Å². The molecule has 0 unspecified atom stereocenters. The van der Waals surface area contributed by atoms with Gasteiger partial charge in [-0.3, -0.25) is 9.78 Å². The number of anilines is 1. The van der Waals surface area contributed by atoms with E-state index in [4.69, 9.17) is 27.9 Å². The van der Waals surface area contributed by atoms with Gasteiger partial charge in [-0.25, -0.2) is 0 Å². The summed E-state index contributed by atoms with van der Waals surface area (Å²) in [5.41, 5.74) is 1.24. The summed E-state index contributed by atoms with van der Waals surface area (Å²) in [6.07, 6.45) is 1.69. The zero-order chi connectivity index (χ0) is 14.5. The van der Waals surface area contributed by atoms with Gasteiger partial charge in [0.2, 0.25) is 5.91 Å². The van der Waals surface area contributed by atoms with Crippen molar-refractivity contribution in [2.75, 3.05) is 5.32 Å². The number of benzene rings is 1. The van der Waals surface area contributed by atoms with Crippen LogP contribution in [0.25, 0.3) is 0 Å². The van der Waals surface area contributed by atoms with Crippen molar-refractivity contribution in [1.82, 2.24) is 4.98 Å². The standard InChI is InChI=1S/C14H12Cl2N2O2/c1-9(19)18-11-5-6-12(14(16)13(11)15)20-8-10-4-2-3-7-17-10/h2-7H,8H2,1H3,(H,18,19). The number of carbonyl (C=O) groups excluding carboxylic acids is 1. The summed E-state index contributed by atoms with van der Waals surface area (Å²) in [4.78, 5) is 15.2. The molecule has 0 fully saturated rings. The molecule has 1 aromatic heterocycles. The second-order valence-corrected chi connectivity index (χ2v) is 4.79. The van der Waals surface area contributed by atoms with Crippen LogP contribution >= 0.6 is 23.2 Å². The van der Waals surface area contributed by atoms with E-state index in [1.807, 2.05) is 18.2 Å². The van der Waals surface area contributed by atoms with Crippen LogP contribution in [0.2, 0.25) is 10.0 Å². The third kappa shape index (κ3) is 3.62. The number of amides is 1. The van der Waals surface area contributed by atoms with Gasteiger partial charge in [0, 0.05) is 13.1 Å². The smallest absolute Gasteiger partial charge is 0.221 e. The van der Waals surface area contributed by atoms with Gasteiger partial charge in [0.25, 0.3) is 0 Å². The van der Waals surface area contributed by atoms with Gasteiger partial charge in [0.15, 0.2) is 0 Å². The summed E-state index contributed by atoms with van der Waals surface area (Å²) in [6.45, 7) is 1.69. The van der Waals surface area contributed by atoms with Gasteiger partial charge in [-0.05, 0) is 24.3 Å². The molecule has 1 N–H and O–H groups in total. The largest absolute Gasteiger partial charge is 0.486 e. The monoisotopic (exact) mass is 310 g/mol. The van der Waals surface area contributed by atoms with Gasteiger partial charge < -0.3 is 10.1 Å². The van der Waals surface area contributed by atoms with E-state index in [0.717, 1.165) is 5.69 Å². The second-order valence-electron chi connectivity index (χ2n) is 4.03. The van der Waals surface area contributed by atoms with Crippen molar-refractivity contribution in [2.45, 2.75) is 13.5 Å². The Balaban J connectivity index is 2.13. The maximum Gasteiger partial charge on any atom is 0.221 e. The molecule has 0 aliphatic heterocycles. The Kier molecular flexibility index (Phi) is 4.82. The fourth-order valence-corrected chi connectivity index (χ4v) is 1.99. The highest BCUT2D eigenvalue weighted by Crippen LogP contribution is 2.37. The third-order valence-electron chi connectivity index (χ3n) is 2.46. The third-order valence-corrected chi connectivity index (χ3v) is 3.32. The number of carbonyl (C=O) groups is 1. The van der Waals surface area contributed by atoms with E-state index in [9.17, 15) is 4.79 Å². The number of ether oxygens (including phenoxy) is 1. The molecule has 0 aliphatic rings. The Morgan fingerprint density at radius 2 is 2.05 bits per heavy atom. The molecule has 2 aromatic rings. The summed E-state index contributed by atoms with van der Waals surface area (Å²) in [5, 5.41) is 3.10. The highest BCUT2D eigenvalue weighted by atomic mass is 35.5. The van der Waals surface area contributed by atoms with E-state index in [2.05, 4.69) is 10.3 Å². The number of nitrogens with one attached hydrogen (secondary N) is 1. The first-order chi connectivity index (χ1) is 9.58. The SMILES string of the molecule is CC(=O)Nc1ccc(OCc2ccccn2)c(Cl)c1Cl. The van der Waals surface area contributed by atoms with E-state index in [1.165, 1.54) is 6.92 Å². The topological polar surface area (TPSA) is 51.2 Å². The van der Waals surface area contributed by atoms with Crippen molar-refractivity contribution in [3.63, 3.8) is 0 Å². The predicted molar refractivity (Wildman–Crippen MR) is 79.3 cm³/mol. The van der Waals surface area contributed by atoms with E-state index in [-0.39, 0.29) is 22.6 Å². The van der Waals surface area contributed by atoms with Gasteiger partial charge in [-0.1, -0.05) is 29.3 Å². The quantitative estimate of drug-likeness (QED) is 0.931. The summed E-state index contributed by atoms with van der Waals surface area (Å²) >= 11 is 12.2. The molecule has 20 heavy (non-hydrogen) atoms. The first-order valence-corrected chi connectivity index (χ1v) is 6.62. The molecule has 1 heterocycles. The Hall–Kier alpha value is -1.78. The Morgan fingerprint density at radius 1 is 1.25 bits per heavy atom. The van der Waals surface area contributed by atoms with Gasteiger partial charge in [0.1, 0.15) is 17.4 Å². The normalized spacial score (nSPS) is 10.2. The summed E-state index contributed by atoms with van der Waals surface area (Å²) in [7, 11) is 0. The molecule has 0 radical (unpaired) electrons. The fourth-order valence-electron chi connectivity index (χ4n) is 1.56. The molecule has 1 aromatic carbocycles. The first-order valence-electron chi connectivity index (χ1n) is 5.86.